The van der Waals surface area contributed by atoms with Crippen molar-refractivity contribution in [2.45, 2.75) is 56.0 Å². The Kier molecular flexibility index (Phi) is 5.60. The van der Waals surface area contributed by atoms with Crippen LogP contribution in [0.2, 0.25) is 0 Å². The smallest absolute Gasteiger partial charge is 0.306 e. The van der Waals surface area contributed by atoms with E-state index in [1.807, 2.05) is 0 Å². The second-order valence-electron chi connectivity index (χ2n) is 7.95. The molecule has 1 aliphatic carbocycles. The number of aromatic nitrogens is 3. The van der Waals surface area contributed by atoms with Crippen LogP contribution < -0.4 is 5.73 Å². The van der Waals surface area contributed by atoms with Crippen LogP contribution in [0.4, 0.5) is 5.82 Å². The molecule has 0 bridgehead atoms. The number of carbonyl (C=O) groups excluding carboxylic acids is 1. The number of nitrogens with zero attached hydrogens (tertiary/aromatic N) is 4. The van der Waals surface area contributed by atoms with Gasteiger partial charge in [0.25, 0.3) is 0 Å². The minimum absolute atomic E-state index is 0.0277. The van der Waals surface area contributed by atoms with E-state index in [0.29, 0.717) is 17.6 Å². The maximum absolute atomic E-state index is 12.2. The molecule has 10 heteroatoms. The van der Waals surface area contributed by atoms with E-state index < -0.39 is 17.8 Å². The number of hydrogen-bond acceptors (Lipinski definition) is 9. The van der Waals surface area contributed by atoms with Crippen molar-refractivity contribution in [1.29, 1.82) is 5.26 Å². The predicted molar refractivity (Wildman–Crippen MR) is 104 cm³/mol. The van der Waals surface area contributed by atoms with Gasteiger partial charge < -0.3 is 25.1 Å². The Morgan fingerprint density at radius 1 is 1.50 bits per heavy atom. The standard InChI is InChI=1S/C20H25N5O5/c1-28-13-3-2-12(6-13)7-18(27)29-9-16-15(26)8-20(10-21,30-16)17-5-4-14-19(22)23-11-24-25(14)17/h4-5,11-13,15-16,26H,2-3,6-9H2,1H3,(H2,22,23,24)/t12?,13?,15-,16+,20-/m0/s1. The van der Waals surface area contributed by atoms with Crippen molar-refractivity contribution in [2.24, 2.45) is 5.92 Å². The highest BCUT2D eigenvalue weighted by molar-refractivity contribution is 5.69. The second-order valence-corrected chi connectivity index (χ2v) is 7.95. The Labute approximate surface area is 173 Å². The molecule has 3 heterocycles. The Balaban J connectivity index is 1.41. The minimum atomic E-state index is -1.43. The highest BCUT2D eigenvalue weighted by Gasteiger charge is 2.50. The number of nitrogen functional groups attached to an aromatic ring is 1. The Hall–Kier alpha value is -2.74. The molecule has 4 rings (SSSR count). The average molecular weight is 415 g/mol. The van der Waals surface area contributed by atoms with Gasteiger partial charge in [-0.05, 0) is 37.3 Å². The number of nitrogens with two attached hydrogens (primary N) is 1. The molecule has 5 atom stereocenters. The van der Waals surface area contributed by atoms with Crippen LogP contribution in [0.15, 0.2) is 18.5 Å². The van der Waals surface area contributed by atoms with Gasteiger partial charge in [-0.2, -0.15) is 10.4 Å². The van der Waals surface area contributed by atoms with Gasteiger partial charge in [-0.25, -0.2) is 9.50 Å². The van der Waals surface area contributed by atoms with Gasteiger partial charge in [-0.3, -0.25) is 4.79 Å². The summed E-state index contributed by atoms with van der Waals surface area (Å²) in [5.74, 6) is 0.180. The number of rotatable bonds is 6. The summed E-state index contributed by atoms with van der Waals surface area (Å²) in [5.41, 5.74) is 5.42. The van der Waals surface area contributed by atoms with Crippen molar-refractivity contribution >= 4 is 17.3 Å². The molecule has 30 heavy (non-hydrogen) atoms. The summed E-state index contributed by atoms with van der Waals surface area (Å²) in [6.07, 6.45) is 2.78. The first kappa shape index (κ1) is 20.5. The fourth-order valence-electron chi connectivity index (χ4n) is 4.41. The maximum Gasteiger partial charge on any atom is 0.306 e. The molecule has 2 aliphatic rings. The zero-order chi connectivity index (χ0) is 21.3. The van der Waals surface area contributed by atoms with Gasteiger partial charge in [-0.15, -0.1) is 0 Å². The highest BCUT2D eigenvalue weighted by Crippen LogP contribution is 2.40. The fraction of sp³-hybridized carbons (Fsp3) is 0.600. The van der Waals surface area contributed by atoms with Crippen LogP contribution in [0.3, 0.4) is 0 Å². The number of aliphatic hydroxyl groups is 1. The lowest BCUT2D eigenvalue weighted by Gasteiger charge is -2.21. The van der Waals surface area contributed by atoms with Crippen molar-refractivity contribution in [3.05, 3.63) is 24.2 Å². The molecule has 2 aromatic heterocycles. The first-order valence-electron chi connectivity index (χ1n) is 10.00. The van der Waals surface area contributed by atoms with E-state index in [1.165, 1.54) is 10.8 Å². The van der Waals surface area contributed by atoms with Crippen LogP contribution in [-0.4, -0.2) is 57.7 Å². The molecule has 2 unspecified atom stereocenters. The summed E-state index contributed by atoms with van der Waals surface area (Å²) in [7, 11) is 1.68. The quantitative estimate of drug-likeness (QED) is 0.658. The van der Waals surface area contributed by atoms with E-state index in [9.17, 15) is 15.2 Å². The van der Waals surface area contributed by atoms with Crippen molar-refractivity contribution in [2.75, 3.05) is 19.5 Å². The van der Waals surface area contributed by atoms with Gasteiger partial charge in [0.1, 0.15) is 30.6 Å². The van der Waals surface area contributed by atoms with Crippen LogP contribution in [0, 0.1) is 17.2 Å². The number of esters is 1. The Morgan fingerprint density at radius 2 is 2.33 bits per heavy atom. The lowest BCUT2D eigenvalue weighted by Crippen LogP contribution is -2.30. The molecule has 1 aliphatic heterocycles. The number of carbonyl (C=O) groups is 1. The molecule has 2 fully saturated rings. The third-order valence-corrected chi connectivity index (χ3v) is 6.04. The number of methoxy groups -OCH3 is 1. The molecule has 0 radical (unpaired) electrons. The SMILES string of the molecule is COC1CCC(CC(=O)OC[C@H]2O[C@@](C#N)(c3ccc4c(N)ncnn34)C[C@@H]2O)C1. The molecule has 160 valence electrons. The second kappa shape index (κ2) is 8.18. The number of ether oxygens (including phenoxy) is 3. The minimum Gasteiger partial charge on any atom is -0.463 e. The van der Waals surface area contributed by atoms with Crippen LogP contribution in [-0.2, 0) is 24.6 Å². The van der Waals surface area contributed by atoms with Gasteiger partial charge in [-0.1, -0.05) is 0 Å². The topological polar surface area (TPSA) is 145 Å². The Bertz CT molecular complexity index is 972. The highest BCUT2D eigenvalue weighted by atomic mass is 16.6. The van der Waals surface area contributed by atoms with Crippen molar-refractivity contribution in [3.63, 3.8) is 0 Å². The normalized spacial score (nSPS) is 31.1. The first-order valence-corrected chi connectivity index (χ1v) is 10.00. The summed E-state index contributed by atoms with van der Waals surface area (Å²) in [4.78, 5) is 16.2. The number of hydrogen-bond donors (Lipinski definition) is 2. The molecule has 0 amide bonds. The van der Waals surface area contributed by atoms with E-state index in [-0.39, 0.29) is 36.8 Å². The van der Waals surface area contributed by atoms with Crippen LogP contribution in [0.25, 0.3) is 5.52 Å². The van der Waals surface area contributed by atoms with Gasteiger partial charge in [0.05, 0.1) is 17.9 Å². The number of aliphatic hydroxyl groups excluding tert-OH is 1. The summed E-state index contributed by atoms with van der Waals surface area (Å²) in [6.45, 7) is -0.121. The third kappa shape index (κ3) is 3.71. The summed E-state index contributed by atoms with van der Waals surface area (Å²) in [6, 6.07) is 5.52. The summed E-state index contributed by atoms with van der Waals surface area (Å²) in [5, 5.41) is 24.5. The molecule has 1 saturated heterocycles. The lowest BCUT2D eigenvalue weighted by molar-refractivity contribution is -0.151. The van der Waals surface area contributed by atoms with E-state index >= 15 is 0 Å². The van der Waals surface area contributed by atoms with E-state index in [1.54, 1.807) is 19.2 Å². The predicted octanol–water partition coefficient (Wildman–Crippen LogP) is 0.929. The van der Waals surface area contributed by atoms with Crippen molar-refractivity contribution in [3.8, 4) is 6.07 Å². The van der Waals surface area contributed by atoms with E-state index in [0.717, 1.165) is 19.3 Å². The molecule has 3 N–H and O–H groups in total. The van der Waals surface area contributed by atoms with Crippen LogP contribution >= 0.6 is 0 Å². The lowest BCUT2D eigenvalue weighted by atomic mass is 9.96. The van der Waals surface area contributed by atoms with E-state index in [4.69, 9.17) is 19.9 Å². The zero-order valence-corrected chi connectivity index (χ0v) is 16.7. The molecular weight excluding hydrogens is 390 g/mol. The van der Waals surface area contributed by atoms with Gasteiger partial charge in [0.15, 0.2) is 11.4 Å². The molecular formula is C20H25N5O5. The number of nitriles is 1. The van der Waals surface area contributed by atoms with Gasteiger partial charge >= 0.3 is 5.97 Å². The van der Waals surface area contributed by atoms with Crippen LogP contribution in [0.5, 0.6) is 0 Å². The van der Waals surface area contributed by atoms with E-state index in [2.05, 4.69) is 16.2 Å². The monoisotopic (exact) mass is 415 g/mol. The van der Waals surface area contributed by atoms with Gasteiger partial charge in [0, 0.05) is 20.0 Å². The maximum atomic E-state index is 12.2. The number of fused-ring (bicyclic) bond motifs is 1. The van der Waals surface area contributed by atoms with Gasteiger partial charge in [0.2, 0.25) is 0 Å². The molecule has 0 aromatic carbocycles. The van der Waals surface area contributed by atoms with Crippen molar-refractivity contribution in [1.82, 2.24) is 14.6 Å². The zero-order valence-electron chi connectivity index (χ0n) is 16.7. The molecule has 0 spiro atoms. The largest absolute Gasteiger partial charge is 0.463 e. The summed E-state index contributed by atoms with van der Waals surface area (Å²) < 4.78 is 18.1. The van der Waals surface area contributed by atoms with Crippen molar-refractivity contribution < 1.29 is 24.1 Å². The average Bonchev–Trinajstić information content (AvgIpc) is 3.44. The Morgan fingerprint density at radius 3 is 3.07 bits per heavy atom. The summed E-state index contributed by atoms with van der Waals surface area (Å²) >= 11 is 0. The first-order chi connectivity index (χ1) is 14.5. The third-order valence-electron chi connectivity index (χ3n) is 6.04. The molecule has 2 aromatic rings. The molecule has 1 saturated carbocycles. The van der Waals surface area contributed by atoms with Crippen LogP contribution in [0.1, 0.15) is 37.8 Å². The fourth-order valence-corrected chi connectivity index (χ4v) is 4.41. The number of anilines is 1. The molecule has 10 nitrogen and oxygen atoms in total.